The molecule has 4 nitrogen and oxygen atoms in total. The van der Waals surface area contributed by atoms with Crippen LogP contribution in [0.4, 0.5) is 0 Å². The first-order valence-corrected chi connectivity index (χ1v) is 9.43. The maximum atomic E-state index is 12.1. The number of sulfonamides is 1. The van der Waals surface area contributed by atoms with Crippen LogP contribution in [-0.2, 0) is 15.8 Å². The van der Waals surface area contributed by atoms with Crippen molar-refractivity contribution in [2.24, 2.45) is 0 Å². The molecular formula is C18H23NO3S. The Bertz CT molecular complexity index is 672. The molecule has 0 amide bonds. The minimum Gasteiger partial charge on any atom is -0.396 e. The van der Waals surface area contributed by atoms with Gasteiger partial charge in [-0.3, -0.25) is 0 Å². The summed E-state index contributed by atoms with van der Waals surface area (Å²) >= 11 is 0. The molecule has 0 spiro atoms. The van der Waals surface area contributed by atoms with Crippen LogP contribution in [0.15, 0.2) is 60.7 Å². The van der Waals surface area contributed by atoms with Gasteiger partial charge in [0.15, 0.2) is 0 Å². The lowest BCUT2D eigenvalue weighted by Crippen LogP contribution is -2.27. The summed E-state index contributed by atoms with van der Waals surface area (Å²) in [6.07, 6.45) is 1.29. The quantitative estimate of drug-likeness (QED) is 0.741. The monoisotopic (exact) mass is 333 g/mol. The standard InChI is InChI=1S/C18H23NO3S/c20-14-12-18(17-9-5-2-6-10-17)11-13-19-23(21,22)15-16-7-3-1-4-8-16/h1-10,18-20H,11-15H2. The zero-order valence-electron chi connectivity index (χ0n) is 13.1. The summed E-state index contributed by atoms with van der Waals surface area (Å²) in [5.41, 5.74) is 1.90. The molecule has 1 unspecified atom stereocenters. The first kappa shape index (κ1) is 17.7. The zero-order valence-corrected chi connectivity index (χ0v) is 13.9. The molecule has 5 heteroatoms. The average Bonchev–Trinajstić information content (AvgIpc) is 2.55. The van der Waals surface area contributed by atoms with Gasteiger partial charge in [-0.15, -0.1) is 0 Å². The molecule has 2 aromatic rings. The molecule has 0 aromatic heterocycles. The molecule has 0 aliphatic rings. The second-order valence-corrected chi connectivity index (χ2v) is 7.35. The Morgan fingerprint density at radius 2 is 1.52 bits per heavy atom. The number of rotatable bonds is 9. The predicted octanol–water partition coefficient (Wildman–Crippen LogP) is 2.66. The van der Waals surface area contributed by atoms with Gasteiger partial charge in [0.1, 0.15) is 0 Å². The van der Waals surface area contributed by atoms with Crippen LogP contribution in [0.1, 0.15) is 29.9 Å². The van der Waals surface area contributed by atoms with Crippen LogP contribution in [0.5, 0.6) is 0 Å². The summed E-state index contributed by atoms with van der Waals surface area (Å²) in [4.78, 5) is 0. The van der Waals surface area contributed by atoms with E-state index in [2.05, 4.69) is 4.72 Å². The van der Waals surface area contributed by atoms with Gasteiger partial charge in [0, 0.05) is 13.2 Å². The van der Waals surface area contributed by atoms with Gasteiger partial charge >= 0.3 is 0 Å². The van der Waals surface area contributed by atoms with Crippen LogP contribution < -0.4 is 4.72 Å². The average molecular weight is 333 g/mol. The van der Waals surface area contributed by atoms with E-state index in [1.54, 1.807) is 12.1 Å². The second kappa shape index (κ2) is 8.82. The van der Waals surface area contributed by atoms with Crippen molar-refractivity contribution in [3.8, 4) is 0 Å². The van der Waals surface area contributed by atoms with Crippen molar-refractivity contribution in [3.05, 3.63) is 71.8 Å². The van der Waals surface area contributed by atoms with Gasteiger partial charge in [-0.05, 0) is 29.9 Å². The molecule has 124 valence electrons. The van der Waals surface area contributed by atoms with Gasteiger partial charge in [-0.25, -0.2) is 13.1 Å². The zero-order chi connectivity index (χ0) is 16.5. The van der Waals surface area contributed by atoms with Gasteiger partial charge < -0.3 is 5.11 Å². The summed E-state index contributed by atoms with van der Waals surface area (Å²) in [6, 6.07) is 19.0. The fraction of sp³-hybridized carbons (Fsp3) is 0.333. The maximum absolute atomic E-state index is 12.1. The Kier molecular flexibility index (Phi) is 6.77. The van der Waals surface area contributed by atoms with E-state index in [0.29, 0.717) is 19.4 Å². The van der Waals surface area contributed by atoms with E-state index in [4.69, 9.17) is 0 Å². The summed E-state index contributed by atoms with van der Waals surface area (Å²) in [7, 11) is -3.34. The van der Waals surface area contributed by atoms with Crippen molar-refractivity contribution in [1.82, 2.24) is 4.72 Å². The molecule has 2 rings (SSSR count). The van der Waals surface area contributed by atoms with Crippen molar-refractivity contribution < 1.29 is 13.5 Å². The molecular weight excluding hydrogens is 310 g/mol. The van der Waals surface area contributed by atoms with Crippen LogP contribution in [0.25, 0.3) is 0 Å². The van der Waals surface area contributed by atoms with Crippen molar-refractivity contribution in [3.63, 3.8) is 0 Å². The molecule has 0 saturated heterocycles. The number of aliphatic hydroxyl groups is 1. The van der Waals surface area contributed by atoms with Crippen LogP contribution in [0, 0.1) is 0 Å². The van der Waals surface area contributed by atoms with Gasteiger partial charge in [-0.2, -0.15) is 0 Å². The lowest BCUT2D eigenvalue weighted by molar-refractivity contribution is 0.273. The number of benzene rings is 2. The van der Waals surface area contributed by atoms with E-state index < -0.39 is 10.0 Å². The highest BCUT2D eigenvalue weighted by atomic mass is 32.2. The topological polar surface area (TPSA) is 66.4 Å². The highest BCUT2D eigenvalue weighted by molar-refractivity contribution is 7.88. The van der Waals surface area contributed by atoms with Crippen LogP contribution >= 0.6 is 0 Å². The van der Waals surface area contributed by atoms with Crippen molar-refractivity contribution in [2.75, 3.05) is 13.2 Å². The summed E-state index contributed by atoms with van der Waals surface area (Å²) in [5.74, 6) is 0.143. The van der Waals surface area contributed by atoms with E-state index in [1.807, 2.05) is 48.5 Å². The molecule has 0 radical (unpaired) electrons. The van der Waals surface area contributed by atoms with Crippen LogP contribution in [0.3, 0.4) is 0 Å². The Morgan fingerprint density at radius 1 is 0.913 bits per heavy atom. The molecule has 0 saturated carbocycles. The minimum absolute atomic E-state index is 0.0101. The van der Waals surface area contributed by atoms with Crippen molar-refractivity contribution in [2.45, 2.75) is 24.5 Å². The summed E-state index contributed by atoms with van der Waals surface area (Å²) < 4.78 is 26.9. The van der Waals surface area contributed by atoms with Crippen molar-refractivity contribution in [1.29, 1.82) is 0 Å². The highest BCUT2D eigenvalue weighted by Gasteiger charge is 2.14. The molecule has 23 heavy (non-hydrogen) atoms. The van der Waals surface area contributed by atoms with Gasteiger partial charge in [0.25, 0.3) is 0 Å². The number of hydrogen-bond acceptors (Lipinski definition) is 3. The Morgan fingerprint density at radius 3 is 2.13 bits per heavy atom. The van der Waals surface area contributed by atoms with E-state index >= 15 is 0 Å². The van der Waals surface area contributed by atoms with Crippen LogP contribution in [0.2, 0.25) is 0 Å². The fourth-order valence-corrected chi connectivity index (χ4v) is 3.75. The highest BCUT2D eigenvalue weighted by Crippen LogP contribution is 2.22. The Labute approximate surface area is 138 Å². The fourth-order valence-electron chi connectivity index (χ4n) is 2.59. The molecule has 0 heterocycles. The molecule has 2 N–H and O–H groups in total. The van der Waals surface area contributed by atoms with Gasteiger partial charge in [0.05, 0.1) is 5.75 Å². The van der Waals surface area contributed by atoms with Crippen molar-refractivity contribution >= 4 is 10.0 Å². The Hall–Kier alpha value is -1.69. The van der Waals surface area contributed by atoms with E-state index in [9.17, 15) is 13.5 Å². The lowest BCUT2D eigenvalue weighted by atomic mass is 9.93. The summed E-state index contributed by atoms with van der Waals surface area (Å²) in [5, 5.41) is 9.21. The summed E-state index contributed by atoms with van der Waals surface area (Å²) in [6.45, 7) is 0.463. The van der Waals surface area contributed by atoms with Crippen LogP contribution in [-0.4, -0.2) is 26.7 Å². The van der Waals surface area contributed by atoms with E-state index in [-0.39, 0.29) is 18.3 Å². The molecule has 0 bridgehead atoms. The second-order valence-electron chi connectivity index (χ2n) is 5.55. The molecule has 2 aromatic carbocycles. The number of hydrogen-bond donors (Lipinski definition) is 2. The first-order chi connectivity index (χ1) is 11.1. The smallest absolute Gasteiger partial charge is 0.215 e. The molecule has 0 fully saturated rings. The van der Waals surface area contributed by atoms with E-state index in [1.165, 1.54) is 0 Å². The third kappa shape index (κ3) is 6.14. The SMILES string of the molecule is O=S(=O)(Cc1ccccc1)NCCC(CCO)c1ccccc1. The third-order valence-electron chi connectivity index (χ3n) is 3.76. The number of aliphatic hydroxyl groups excluding tert-OH is 1. The first-order valence-electron chi connectivity index (χ1n) is 7.78. The predicted molar refractivity (Wildman–Crippen MR) is 92.6 cm³/mol. The van der Waals surface area contributed by atoms with Gasteiger partial charge in [-0.1, -0.05) is 60.7 Å². The minimum atomic E-state index is -3.34. The molecule has 1 atom stereocenters. The van der Waals surface area contributed by atoms with E-state index in [0.717, 1.165) is 11.1 Å². The molecule has 0 aliphatic carbocycles. The Balaban J connectivity index is 1.89. The number of nitrogens with one attached hydrogen (secondary N) is 1. The maximum Gasteiger partial charge on any atom is 0.215 e. The lowest BCUT2D eigenvalue weighted by Gasteiger charge is -2.16. The third-order valence-corrected chi connectivity index (χ3v) is 5.12. The van der Waals surface area contributed by atoms with Gasteiger partial charge in [0.2, 0.25) is 10.0 Å². The molecule has 0 aliphatic heterocycles. The largest absolute Gasteiger partial charge is 0.396 e. The normalized spacial score (nSPS) is 12.9.